The maximum absolute atomic E-state index is 13.8. The first-order valence-corrected chi connectivity index (χ1v) is 6.08. The van der Waals surface area contributed by atoms with Gasteiger partial charge < -0.3 is 9.64 Å². The highest BCUT2D eigenvalue weighted by Crippen LogP contribution is 2.23. The third-order valence-corrected chi connectivity index (χ3v) is 3.25. The number of hydrogen-bond donors (Lipinski definition) is 0. The largest absolute Gasteiger partial charge is 0.377 e. The fourth-order valence-corrected chi connectivity index (χ4v) is 2.17. The van der Waals surface area contributed by atoms with Gasteiger partial charge in [0, 0.05) is 6.54 Å². The van der Waals surface area contributed by atoms with Crippen LogP contribution in [0.5, 0.6) is 0 Å². The number of ether oxygens (including phenoxy) is 1. The van der Waals surface area contributed by atoms with E-state index in [1.807, 2.05) is 13.8 Å². The molecule has 4 heteroatoms. The highest BCUT2D eigenvalue weighted by atomic mass is 19.1. The van der Waals surface area contributed by atoms with Crippen molar-refractivity contribution >= 4 is 5.91 Å². The van der Waals surface area contributed by atoms with E-state index in [1.165, 1.54) is 6.07 Å². The first kappa shape index (κ1) is 13.0. The first-order chi connectivity index (χ1) is 8.42. The number of benzene rings is 1. The molecule has 3 nitrogen and oxygen atoms in total. The third kappa shape index (κ3) is 2.38. The van der Waals surface area contributed by atoms with Gasteiger partial charge in [0.2, 0.25) is 0 Å². The molecule has 0 aliphatic carbocycles. The zero-order chi connectivity index (χ0) is 13.3. The van der Waals surface area contributed by atoms with Gasteiger partial charge in [-0.25, -0.2) is 4.39 Å². The van der Waals surface area contributed by atoms with Gasteiger partial charge in [-0.15, -0.1) is 0 Å². The van der Waals surface area contributed by atoms with Crippen molar-refractivity contribution in [3.8, 4) is 0 Å². The van der Waals surface area contributed by atoms with Crippen LogP contribution in [-0.2, 0) is 4.74 Å². The van der Waals surface area contributed by atoms with E-state index in [9.17, 15) is 9.18 Å². The summed E-state index contributed by atoms with van der Waals surface area (Å²) in [6.45, 7) is 7.14. The van der Waals surface area contributed by atoms with Crippen LogP contribution in [0.1, 0.15) is 29.8 Å². The lowest BCUT2D eigenvalue weighted by molar-refractivity contribution is -0.0372. The van der Waals surface area contributed by atoms with E-state index in [-0.39, 0.29) is 11.5 Å². The summed E-state index contributed by atoms with van der Waals surface area (Å²) < 4.78 is 19.2. The van der Waals surface area contributed by atoms with Crippen LogP contribution in [0.3, 0.4) is 0 Å². The fraction of sp³-hybridized carbons (Fsp3) is 0.500. The molecular formula is C14H18FNO2. The van der Waals surface area contributed by atoms with Crippen LogP contribution in [0, 0.1) is 12.7 Å². The number of carbonyl (C=O) groups excluding carboxylic acids is 1. The molecule has 98 valence electrons. The minimum Gasteiger partial charge on any atom is -0.377 e. The van der Waals surface area contributed by atoms with Crippen molar-refractivity contribution in [2.24, 2.45) is 0 Å². The Morgan fingerprint density at radius 3 is 2.78 bits per heavy atom. The van der Waals surface area contributed by atoms with Crippen LogP contribution >= 0.6 is 0 Å². The maximum Gasteiger partial charge on any atom is 0.257 e. The summed E-state index contributed by atoms with van der Waals surface area (Å²) in [4.78, 5) is 14.1. The number of aryl methyl sites for hydroxylation is 1. The van der Waals surface area contributed by atoms with Gasteiger partial charge in [0.15, 0.2) is 0 Å². The molecular weight excluding hydrogens is 233 g/mol. The van der Waals surface area contributed by atoms with E-state index >= 15 is 0 Å². The normalized spacial score (nSPS) is 18.8. The number of morpholine rings is 1. The van der Waals surface area contributed by atoms with Gasteiger partial charge in [-0.05, 0) is 38.5 Å². The molecule has 18 heavy (non-hydrogen) atoms. The summed E-state index contributed by atoms with van der Waals surface area (Å²) in [6, 6.07) is 4.70. The van der Waals surface area contributed by atoms with Crippen molar-refractivity contribution in [3.63, 3.8) is 0 Å². The lowest BCUT2D eigenvalue weighted by atomic mass is 10.0. The monoisotopic (exact) mass is 251 g/mol. The second-order valence-electron chi connectivity index (χ2n) is 5.31. The van der Waals surface area contributed by atoms with E-state index < -0.39 is 11.4 Å². The molecule has 1 aliphatic rings. The minimum absolute atomic E-state index is 0.135. The maximum atomic E-state index is 13.8. The summed E-state index contributed by atoms with van der Waals surface area (Å²) in [5, 5.41) is 0. The number of nitrogens with zero attached hydrogens (tertiary/aromatic N) is 1. The Morgan fingerprint density at radius 2 is 2.17 bits per heavy atom. The van der Waals surface area contributed by atoms with Crippen LogP contribution in [0.15, 0.2) is 18.2 Å². The zero-order valence-electron chi connectivity index (χ0n) is 11.0. The Kier molecular flexibility index (Phi) is 3.39. The smallest absolute Gasteiger partial charge is 0.257 e. The van der Waals surface area contributed by atoms with Gasteiger partial charge >= 0.3 is 0 Å². The van der Waals surface area contributed by atoms with Crippen LogP contribution in [0.25, 0.3) is 0 Å². The standard InChI is InChI=1S/C14H18FNO2/c1-10-4-5-11(12(15)8-10)13(17)16-6-7-18-9-14(16,2)3/h4-5,8H,6-7,9H2,1-3H3. The number of hydrogen-bond acceptors (Lipinski definition) is 2. The molecule has 0 radical (unpaired) electrons. The van der Waals surface area contributed by atoms with E-state index in [0.717, 1.165) is 5.56 Å². The van der Waals surface area contributed by atoms with Gasteiger partial charge in [0.25, 0.3) is 5.91 Å². The highest BCUT2D eigenvalue weighted by molar-refractivity contribution is 5.95. The van der Waals surface area contributed by atoms with Crippen LogP contribution in [0.2, 0.25) is 0 Å². The van der Waals surface area contributed by atoms with E-state index in [4.69, 9.17) is 4.74 Å². The van der Waals surface area contributed by atoms with E-state index in [1.54, 1.807) is 24.0 Å². The topological polar surface area (TPSA) is 29.5 Å². The predicted molar refractivity (Wildman–Crippen MR) is 67.1 cm³/mol. The van der Waals surface area contributed by atoms with Crippen LogP contribution < -0.4 is 0 Å². The zero-order valence-corrected chi connectivity index (χ0v) is 11.0. The van der Waals surface area contributed by atoms with Crippen molar-refractivity contribution in [3.05, 3.63) is 35.1 Å². The molecule has 1 aromatic rings. The summed E-state index contributed by atoms with van der Waals surface area (Å²) >= 11 is 0. The Bertz CT molecular complexity index is 471. The van der Waals surface area contributed by atoms with E-state index in [2.05, 4.69) is 0 Å². The lowest BCUT2D eigenvalue weighted by Gasteiger charge is -2.42. The third-order valence-electron chi connectivity index (χ3n) is 3.25. The van der Waals surface area contributed by atoms with Gasteiger partial charge in [0.1, 0.15) is 5.82 Å². The van der Waals surface area contributed by atoms with Crippen molar-refractivity contribution in [1.29, 1.82) is 0 Å². The Labute approximate surface area is 107 Å². The average Bonchev–Trinajstić information content (AvgIpc) is 2.27. The second-order valence-corrected chi connectivity index (χ2v) is 5.31. The molecule has 0 unspecified atom stereocenters. The first-order valence-electron chi connectivity index (χ1n) is 6.08. The highest BCUT2D eigenvalue weighted by Gasteiger charge is 2.35. The number of halogens is 1. The Morgan fingerprint density at radius 1 is 1.44 bits per heavy atom. The molecule has 2 rings (SSSR count). The molecule has 1 fully saturated rings. The SMILES string of the molecule is Cc1ccc(C(=O)N2CCOCC2(C)C)c(F)c1. The fourth-order valence-electron chi connectivity index (χ4n) is 2.17. The van der Waals surface area contributed by atoms with Crippen molar-refractivity contribution in [1.82, 2.24) is 4.90 Å². The number of carbonyl (C=O) groups is 1. The molecule has 1 amide bonds. The molecule has 0 atom stereocenters. The van der Waals surface area contributed by atoms with Crippen molar-refractivity contribution < 1.29 is 13.9 Å². The molecule has 0 bridgehead atoms. The lowest BCUT2D eigenvalue weighted by Crippen LogP contribution is -2.55. The predicted octanol–water partition coefficient (Wildman–Crippen LogP) is 2.39. The van der Waals surface area contributed by atoms with Gasteiger partial charge in [-0.3, -0.25) is 4.79 Å². The van der Waals surface area contributed by atoms with Crippen molar-refractivity contribution in [2.75, 3.05) is 19.8 Å². The Hall–Kier alpha value is -1.42. The molecule has 1 aliphatic heterocycles. The quantitative estimate of drug-likeness (QED) is 0.767. The summed E-state index contributed by atoms with van der Waals surface area (Å²) in [5.74, 6) is -0.719. The molecule has 1 saturated heterocycles. The van der Waals surface area contributed by atoms with Crippen molar-refractivity contribution in [2.45, 2.75) is 26.3 Å². The van der Waals surface area contributed by atoms with Gasteiger partial charge in [0.05, 0.1) is 24.3 Å². The molecule has 0 N–H and O–H groups in total. The molecule has 1 heterocycles. The summed E-state index contributed by atoms with van der Waals surface area (Å²) in [7, 11) is 0. The van der Waals surface area contributed by atoms with E-state index in [0.29, 0.717) is 19.8 Å². The molecule has 0 saturated carbocycles. The van der Waals surface area contributed by atoms with Gasteiger partial charge in [-0.2, -0.15) is 0 Å². The number of rotatable bonds is 1. The average molecular weight is 251 g/mol. The second kappa shape index (κ2) is 4.69. The Balaban J connectivity index is 2.30. The molecule has 0 spiro atoms. The summed E-state index contributed by atoms with van der Waals surface area (Å²) in [6.07, 6.45) is 0. The van der Waals surface area contributed by atoms with Crippen LogP contribution in [-0.4, -0.2) is 36.1 Å². The molecule has 0 aromatic heterocycles. The minimum atomic E-state index is -0.456. The van der Waals surface area contributed by atoms with Gasteiger partial charge in [-0.1, -0.05) is 6.07 Å². The number of amides is 1. The van der Waals surface area contributed by atoms with Crippen LogP contribution in [0.4, 0.5) is 4.39 Å². The summed E-state index contributed by atoms with van der Waals surface area (Å²) in [5.41, 5.74) is 0.549. The molecule has 1 aromatic carbocycles.